The van der Waals surface area contributed by atoms with Crippen LogP contribution in [0, 0.1) is 0 Å². The predicted octanol–water partition coefficient (Wildman–Crippen LogP) is 6.09. The summed E-state index contributed by atoms with van der Waals surface area (Å²) in [5, 5.41) is 3.55. The fourth-order valence-electron chi connectivity index (χ4n) is 3.29. The van der Waals surface area contributed by atoms with Crippen molar-refractivity contribution in [2.24, 2.45) is 0 Å². The van der Waals surface area contributed by atoms with Gasteiger partial charge in [0.15, 0.2) is 11.5 Å². The Labute approximate surface area is 190 Å². The molecule has 4 rings (SSSR count). The van der Waals surface area contributed by atoms with Crippen LogP contribution in [0.1, 0.15) is 36.6 Å². The molecule has 0 aliphatic carbocycles. The minimum absolute atomic E-state index is 0.198. The first-order valence-corrected chi connectivity index (χ1v) is 9.97. The van der Waals surface area contributed by atoms with E-state index in [1.54, 1.807) is 30.3 Å². The standard InChI is InChI=1S/C23H17F6N5/c1-21(2,17-7-4-8-20(32-17)34-12-11-19(33-34)23(27,28)29)16-6-3-5-15(31-16)14-9-10-18(30-13-14)22(24,25)26/h3-13H,1-2H3. The maximum atomic E-state index is 12.9. The molecule has 4 heterocycles. The van der Waals surface area contributed by atoms with Crippen LogP contribution in [0.3, 0.4) is 0 Å². The van der Waals surface area contributed by atoms with Crippen molar-refractivity contribution in [1.29, 1.82) is 0 Å². The Bertz CT molecular complexity index is 1310. The van der Waals surface area contributed by atoms with Gasteiger partial charge in [-0.15, -0.1) is 0 Å². The molecule has 0 saturated heterocycles. The molecule has 0 N–H and O–H groups in total. The summed E-state index contributed by atoms with van der Waals surface area (Å²) in [6.45, 7) is 3.67. The molecular formula is C23H17F6N5. The van der Waals surface area contributed by atoms with Crippen molar-refractivity contribution in [3.8, 4) is 17.1 Å². The van der Waals surface area contributed by atoms with E-state index >= 15 is 0 Å². The minimum Gasteiger partial charge on any atom is -0.252 e. The maximum Gasteiger partial charge on any atom is 0.435 e. The second-order valence-electron chi connectivity index (χ2n) is 7.99. The Kier molecular flexibility index (Phi) is 5.66. The fraction of sp³-hybridized carbons (Fsp3) is 0.217. The van der Waals surface area contributed by atoms with Crippen molar-refractivity contribution in [3.05, 3.63) is 89.8 Å². The molecule has 0 saturated carbocycles. The third-order valence-corrected chi connectivity index (χ3v) is 5.23. The molecule has 0 aromatic carbocycles. The van der Waals surface area contributed by atoms with Crippen LogP contribution >= 0.6 is 0 Å². The molecule has 11 heteroatoms. The van der Waals surface area contributed by atoms with Gasteiger partial charge in [0.25, 0.3) is 0 Å². The van der Waals surface area contributed by atoms with E-state index in [0.717, 1.165) is 23.0 Å². The summed E-state index contributed by atoms with van der Waals surface area (Å²) in [6, 6.07) is 13.0. The first kappa shape index (κ1) is 23.4. The van der Waals surface area contributed by atoms with Crippen LogP contribution in [0.2, 0.25) is 0 Å². The highest BCUT2D eigenvalue weighted by molar-refractivity contribution is 5.58. The van der Waals surface area contributed by atoms with Gasteiger partial charge in [-0.1, -0.05) is 12.1 Å². The largest absolute Gasteiger partial charge is 0.435 e. The van der Waals surface area contributed by atoms with Crippen LogP contribution in [0.5, 0.6) is 0 Å². The van der Waals surface area contributed by atoms with E-state index < -0.39 is 29.2 Å². The lowest BCUT2D eigenvalue weighted by molar-refractivity contribution is -0.142. The molecule has 0 aliphatic rings. The van der Waals surface area contributed by atoms with Gasteiger partial charge in [0, 0.05) is 23.4 Å². The SMILES string of the molecule is CC(C)(c1cccc(-c2ccc(C(F)(F)F)nc2)n1)c1cccc(-n2ccc(C(F)(F)F)n2)n1. The summed E-state index contributed by atoms with van der Waals surface area (Å²) in [4.78, 5) is 12.5. The molecule has 0 atom stereocenters. The third kappa shape index (κ3) is 4.63. The number of rotatable bonds is 4. The lowest BCUT2D eigenvalue weighted by atomic mass is 9.84. The number of aromatic nitrogens is 5. The highest BCUT2D eigenvalue weighted by atomic mass is 19.4. The molecule has 4 aromatic rings. The molecule has 0 unspecified atom stereocenters. The number of alkyl halides is 6. The minimum atomic E-state index is -4.57. The van der Waals surface area contributed by atoms with Crippen LogP contribution < -0.4 is 0 Å². The Morgan fingerprint density at radius 3 is 1.91 bits per heavy atom. The van der Waals surface area contributed by atoms with E-state index in [9.17, 15) is 26.3 Å². The zero-order valence-corrected chi connectivity index (χ0v) is 17.9. The van der Waals surface area contributed by atoms with E-state index in [1.807, 2.05) is 13.8 Å². The Morgan fingerprint density at radius 2 is 1.32 bits per heavy atom. The van der Waals surface area contributed by atoms with Crippen LogP contribution in [-0.2, 0) is 17.8 Å². The van der Waals surface area contributed by atoms with E-state index in [4.69, 9.17) is 0 Å². The molecule has 4 aromatic heterocycles. The van der Waals surface area contributed by atoms with Crippen LogP contribution in [0.4, 0.5) is 26.3 Å². The van der Waals surface area contributed by atoms with Crippen molar-refractivity contribution in [1.82, 2.24) is 24.7 Å². The molecule has 0 amide bonds. The molecule has 34 heavy (non-hydrogen) atoms. The zero-order chi connectivity index (χ0) is 24.7. The van der Waals surface area contributed by atoms with Crippen molar-refractivity contribution in [2.45, 2.75) is 31.6 Å². The summed E-state index contributed by atoms with van der Waals surface area (Å²) in [5.74, 6) is 0.198. The molecular weight excluding hydrogens is 460 g/mol. The summed E-state index contributed by atoms with van der Waals surface area (Å²) in [6.07, 6.45) is -6.82. The highest BCUT2D eigenvalue weighted by Crippen LogP contribution is 2.33. The zero-order valence-electron chi connectivity index (χ0n) is 17.9. The summed E-state index contributed by atoms with van der Waals surface area (Å²) >= 11 is 0. The number of nitrogens with zero attached hydrogens (tertiary/aromatic N) is 5. The Balaban J connectivity index is 1.66. The molecule has 0 radical (unpaired) electrons. The van der Waals surface area contributed by atoms with E-state index in [-0.39, 0.29) is 5.82 Å². The number of pyridine rings is 3. The monoisotopic (exact) mass is 477 g/mol. The summed E-state index contributed by atoms with van der Waals surface area (Å²) in [5.41, 5.74) is -0.908. The quantitative estimate of drug-likeness (QED) is 0.334. The van der Waals surface area contributed by atoms with E-state index in [2.05, 4.69) is 20.1 Å². The van der Waals surface area contributed by atoms with Gasteiger partial charge < -0.3 is 0 Å². The van der Waals surface area contributed by atoms with Gasteiger partial charge in [-0.25, -0.2) is 9.67 Å². The topological polar surface area (TPSA) is 56.5 Å². The van der Waals surface area contributed by atoms with Crippen LogP contribution in [0.15, 0.2) is 67.0 Å². The average Bonchev–Trinajstić information content (AvgIpc) is 3.30. The average molecular weight is 477 g/mol. The summed E-state index contributed by atoms with van der Waals surface area (Å²) in [7, 11) is 0. The Morgan fingerprint density at radius 1 is 0.676 bits per heavy atom. The van der Waals surface area contributed by atoms with Gasteiger partial charge in [0.05, 0.1) is 17.1 Å². The highest BCUT2D eigenvalue weighted by Gasteiger charge is 2.34. The van der Waals surface area contributed by atoms with Gasteiger partial charge >= 0.3 is 12.4 Å². The fourth-order valence-corrected chi connectivity index (χ4v) is 3.29. The normalized spacial score (nSPS) is 12.7. The van der Waals surface area contributed by atoms with E-state index in [0.29, 0.717) is 22.6 Å². The van der Waals surface area contributed by atoms with Crippen molar-refractivity contribution >= 4 is 0 Å². The van der Waals surface area contributed by atoms with Gasteiger partial charge in [0.1, 0.15) is 5.69 Å². The van der Waals surface area contributed by atoms with E-state index in [1.165, 1.54) is 18.3 Å². The molecule has 176 valence electrons. The number of hydrogen-bond acceptors (Lipinski definition) is 4. The Hall–Kier alpha value is -3.76. The lowest BCUT2D eigenvalue weighted by Gasteiger charge is -2.24. The molecule has 0 fully saturated rings. The van der Waals surface area contributed by atoms with Gasteiger partial charge in [-0.3, -0.25) is 9.97 Å². The van der Waals surface area contributed by atoms with Crippen LogP contribution in [0.25, 0.3) is 17.1 Å². The van der Waals surface area contributed by atoms with Crippen molar-refractivity contribution in [3.63, 3.8) is 0 Å². The number of halogens is 6. The van der Waals surface area contributed by atoms with Gasteiger partial charge in [-0.05, 0) is 56.3 Å². The number of hydrogen-bond donors (Lipinski definition) is 0. The first-order valence-electron chi connectivity index (χ1n) is 9.97. The predicted molar refractivity (Wildman–Crippen MR) is 111 cm³/mol. The molecule has 0 aliphatic heterocycles. The molecule has 0 bridgehead atoms. The lowest BCUT2D eigenvalue weighted by Crippen LogP contribution is -2.23. The van der Waals surface area contributed by atoms with Crippen LogP contribution in [-0.4, -0.2) is 24.7 Å². The van der Waals surface area contributed by atoms with Crippen molar-refractivity contribution in [2.75, 3.05) is 0 Å². The van der Waals surface area contributed by atoms with Gasteiger partial charge in [0.2, 0.25) is 0 Å². The second-order valence-corrected chi connectivity index (χ2v) is 7.99. The first-order chi connectivity index (χ1) is 15.9. The molecule has 5 nitrogen and oxygen atoms in total. The van der Waals surface area contributed by atoms with Crippen molar-refractivity contribution < 1.29 is 26.3 Å². The second kappa shape index (κ2) is 8.23. The molecule has 0 spiro atoms. The third-order valence-electron chi connectivity index (χ3n) is 5.23. The smallest absolute Gasteiger partial charge is 0.252 e. The van der Waals surface area contributed by atoms with Gasteiger partial charge in [-0.2, -0.15) is 31.4 Å². The summed E-state index contributed by atoms with van der Waals surface area (Å²) < 4.78 is 78.1. The maximum absolute atomic E-state index is 12.9.